The number of pyridine rings is 1. The zero-order chi connectivity index (χ0) is 26.5. The second-order valence-electron chi connectivity index (χ2n) is 8.78. The molecule has 1 aliphatic carbocycles. The summed E-state index contributed by atoms with van der Waals surface area (Å²) < 4.78 is 15.4. The minimum Gasteiger partial charge on any atom is -0.618 e. The molecule has 0 fully saturated rings. The van der Waals surface area contributed by atoms with Crippen molar-refractivity contribution >= 4 is 29.2 Å². The predicted octanol–water partition coefficient (Wildman–Crippen LogP) is 4.64. The molecule has 4 N–H and O–H groups in total. The maximum Gasteiger partial charge on any atom is 0.409 e. The molecule has 0 spiro atoms. The van der Waals surface area contributed by atoms with Crippen LogP contribution in [0.3, 0.4) is 0 Å². The van der Waals surface area contributed by atoms with Crippen LogP contribution >= 0.6 is 11.6 Å². The van der Waals surface area contributed by atoms with Gasteiger partial charge < -0.3 is 20.4 Å². The fourth-order valence-electron chi connectivity index (χ4n) is 4.73. The molecular weight excluding hydrogens is 503 g/mol. The van der Waals surface area contributed by atoms with E-state index in [1.807, 2.05) is 0 Å². The van der Waals surface area contributed by atoms with E-state index in [0.717, 1.165) is 6.20 Å². The van der Waals surface area contributed by atoms with Gasteiger partial charge in [-0.15, -0.1) is 0 Å². The topological polar surface area (TPSA) is 142 Å². The molecule has 0 aliphatic heterocycles. The van der Waals surface area contributed by atoms with Crippen LogP contribution in [0.4, 0.5) is 14.9 Å². The summed E-state index contributed by atoms with van der Waals surface area (Å²) in [7, 11) is 0. The third kappa shape index (κ3) is 4.20. The molecule has 188 valence electrons. The van der Waals surface area contributed by atoms with Crippen LogP contribution < -0.4 is 10.0 Å². The van der Waals surface area contributed by atoms with Gasteiger partial charge in [0.2, 0.25) is 11.3 Å². The number of nitrogens with one attached hydrogen (secondary N) is 2. The van der Waals surface area contributed by atoms with Gasteiger partial charge in [-0.25, -0.2) is 14.2 Å². The highest BCUT2D eigenvalue weighted by Gasteiger charge is 2.48. The summed E-state index contributed by atoms with van der Waals surface area (Å²) in [5.74, 6) is -1.03. The molecule has 37 heavy (non-hydrogen) atoms. The molecule has 1 unspecified atom stereocenters. The van der Waals surface area contributed by atoms with E-state index >= 15 is 0 Å². The van der Waals surface area contributed by atoms with Crippen molar-refractivity contribution in [3.8, 4) is 22.4 Å². The number of rotatable bonds is 5. The molecule has 11 heteroatoms. The summed E-state index contributed by atoms with van der Waals surface area (Å²) in [4.78, 5) is 30.3. The Hall–Kier alpha value is -4.28. The second kappa shape index (κ2) is 8.99. The van der Waals surface area contributed by atoms with Crippen LogP contribution in [0.25, 0.3) is 22.4 Å². The third-order valence-electron chi connectivity index (χ3n) is 6.44. The quantitative estimate of drug-likeness (QED) is 0.171. The smallest absolute Gasteiger partial charge is 0.409 e. The van der Waals surface area contributed by atoms with Gasteiger partial charge in [-0.1, -0.05) is 23.7 Å². The van der Waals surface area contributed by atoms with Crippen molar-refractivity contribution in [3.05, 3.63) is 93.6 Å². The van der Waals surface area contributed by atoms with Gasteiger partial charge in [-0.05, 0) is 55.7 Å². The number of aryl methyl sites for hydroxylation is 1. The maximum absolute atomic E-state index is 15.0. The number of anilines is 1. The van der Waals surface area contributed by atoms with E-state index in [1.54, 1.807) is 30.3 Å². The zero-order valence-electron chi connectivity index (χ0n) is 19.4. The summed E-state index contributed by atoms with van der Waals surface area (Å²) in [6.45, 7) is 1.30. The fraction of sp³-hybridized carbons (Fsp3) is 0.154. The van der Waals surface area contributed by atoms with E-state index in [0.29, 0.717) is 33.7 Å². The number of halogens is 2. The van der Waals surface area contributed by atoms with Gasteiger partial charge >= 0.3 is 6.09 Å². The minimum absolute atomic E-state index is 0.0602. The van der Waals surface area contributed by atoms with Crippen molar-refractivity contribution in [2.75, 3.05) is 5.32 Å². The number of aromatic amines is 1. The van der Waals surface area contributed by atoms with Crippen molar-refractivity contribution < 1.29 is 28.9 Å². The number of H-pyrrole nitrogens is 1. The first-order valence-electron chi connectivity index (χ1n) is 11.2. The lowest BCUT2D eigenvalue weighted by atomic mass is 9.95. The summed E-state index contributed by atoms with van der Waals surface area (Å²) in [6, 6.07) is 10.8. The molecule has 0 radical (unpaired) electrons. The van der Waals surface area contributed by atoms with Gasteiger partial charge in [0.1, 0.15) is 5.82 Å². The number of carbonyl (C=O) groups excluding carboxylic acids is 1. The zero-order valence-corrected chi connectivity index (χ0v) is 20.1. The average molecular weight is 523 g/mol. The number of aliphatic hydroxyl groups is 1. The Bertz CT molecular complexity index is 1570. The number of ketones is 1. The largest absolute Gasteiger partial charge is 0.618 e. The normalized spacial score (nSPS) is 16.4. The summed E-state index contributed by atoms with van der Waals surface area (Å²) in [5.41, 5.74) is 0.671. The van der Waals surface area contributed by atoms with Crippen LogP contribution in [0.5, 0.6) is 0 Å². The molecule has 1 amide bonds. The van der Waals surface area contributed by atoms with Gasteiger partial charge in [0, 0.05) is 22.4 Å². The molecule has 1 atom stereocenters. The van der Waals surface area contributed by atoms with E-state index in [1.165, 1.54) is 25.3 Å². The highest BCUT2D eigenvalue weighted by atomic mass is 35.5. The predicted molar refractivity (Wildman–Crippen MR) is 133 cm³/mol. The summed E-state index contributed by atoms with van der Waals surface area (Å²) >= 11 is 5.95. The molecule has 2 heterocycles. The minimum atomic E-state index is -1.73. The Morgan fingerprint density at radius 1 is 1.22 bits per heavy atom. The van der Waals surface area contributed by atoms with Crippen LogP contribution in [-0.4, -0.2) is 32.1 Å². The fourth-order valence-corrected chi connectivity index (χ4v) is 4.88. The number of carboxylic acid groups (broad SMARTS) is 1. The molecule has 0 saturated heterocycles. The van der Waals surface area contributed by atoms with E-state index in [9.17, 15) is 24.3 Å². The highest BCUT2D eigenvalue weighted by Crippen LogP contribution is 2.41. The maximum atomic E-state index is 15.0. The molecule has 2 aromatic heterocycles. The Morgan fingerprint density at radius 3 is 2.62 bits per heavy atom. The van der Waals surface area contributed by atoms with Crippen molar-refractivity contribution in [2.24, 2.45) is 0 Å². The van der Waals surface area contributed by atoms with Gasteiger partial charge in [0.05, 0.1) is 22.5 Å². The standard InChI is InChI=1S/C26H20ClFN4O5/c1-13(33)18-6-7-19(27)22(28)21(18)16-10-15-8-9-26(36,23(15)32(37)12-16)24-29-11-20(31-24)14-2-4-17(5-3-14)30-25(34)35/h2-7,10-12,30,36H,8-9H2,1H3,(H,29,31)(H,34,35). The molecular formula is C26H20ClFN4O5. The SMILES string of the molecule is CC(=O)c1ccc(Cl)c(F)c1-c1cc2c([n+]([O-])c1)C(O)(c1ncc(-c3ccc(NC(=O)O)cc3)[nH]1)CC2. The van der Waals surface area contributed by atoms with Crippen LogP contribution in [-0.2, 0) is 12.0 Å². The lowest BCUT2D eigenvalue weighted by Crippen LogP contribution is -2.42. The van der Waals surface area contributed by atoms with Crippen LogP contribution in [0, 0.1) is 11.0 Å². The van der Waals surface area contributed by atoms with E-state index < -0.39 is 17.5 Å². The number of amides is 1. The number of fused-ring (bicyclic) bond motifs is 1. The Labute approximate surface area is 214 Å². The number of aromatic nitrogens is 3. The first-order chi connectivity index (χ1) is 17.6. The number of Topliss-reactive ketones (excluding diaryl/α,β-unsaturated/α-hetero) is 1. The van der Waals surface area contributed by atoms with Gasteiger partial charge in [-0.2, -0.15) is 4.73 Å². The van der Waals surface area contributed by atoms with E-state index in [4.69, 9.17) is 16.7 Å². The van der Waals surface area contributed by atoms with Crippen LogP contribution in [0.1, 0.15) is 40.8 Å². The number of benzene rings is 2. The Morgan fingerprint density at radius 2 is 1.95 bits per heavy atom. The van der Waals surface area contributed by atoms with Crippen molar-refractivity contribution in [2.45, 2.75) is 25.4 Å². The van der Waals surface area contributed by atoms with E-state index in [-0.39, 0.29) is 45.4 Å². The number of hydrogen-bond donors (Lipinski definition) is 4. The molecule has 0 saturated carbocycles. The first kappa shape index (κ1) is 24.4. The van der Waals surface area contributed by atoms with Crippen molar-refractivity contribution in [1.82, 2.24) is 9.97 Å². The molecule has 2 aromatic carbocycles. The lowest BCUT2D eigenvalue weighted by Gasteiger charge is -2.20. The highest BCUT2D eigenvalue weighted by molar-refractivity contribution is 6.31. The monoisotopic (exact) mass is 522 g/mol. The van der Waals surface area contributed by atoms with Crippen molar-refractivity contribution in [1.29, 1.82) is 0 Å². The molecule has 9 nitrogen and oxygen atoms in total. The average Bonchev–Trinajstić information content (AvgIpc) is 3.47. The second-order valence-corrected chi connectivity index (χ2v) is 9.19. The summed E-state index contributed by atoms with van der Waals surface area (Å²) in [5, 5.41) is 35.7. The number of nitrogens with zero attached hydrogens (tertiary/aromatic N) is 2. The number of imidazole rings is 1. The molecule has 1 aliphatic rings. The Balaban J connectivity index is 1.52. The first-order valence-corrected chi connectivity index (χ1v) is 11.6. The third-order valence-corrected chi connectivity index (χ3v) is 6.73. The van der Waals surface area contributed by atoms with Gasteiger partial charge in [-0.3, -0.25) is 10.1 Å². The van der Waals surface area contributed by atoms with E-state index in [2.05, 4.69) is 15.3 Å². The molecule has 5 rings (SSSR count). The number of hydrogen-bond acceptors (Lipinski definition) is 5. The van der Waals surface area contributed by atoms with Crippen LogP contribution in [0.15, 0.2) is 54.9 Å². The number of carbonyl (C=O) groups is 2. The molecule has 4 aromatic rings. The summed E-state index contributed by atoms with van der Waals surface area (Å²) in [6.07, 6.45) is 1.91. The van der Waals surface area contributed by atoms with Gasteiger partial charge in [0.15, 0.2) is 17.8 Å². The van der Waals surface area contributed by atoms with Crippen LogP contribution in [0.2, 0.25) is 5.02 Å². The van der Waals surface area contributed by atoms with Gasteiger partial charge in [0.25, 0.3) is 0 Å². The lowest BCUT2D eigenvalue weighted by molar-refractivity contribution is -0.620. The Kier molecular flexibility index (Phi) is 5.93. The molecule has 0 bridgehead atoms. The van der Waals surface area contributed by atoms with Crippen molar-refractivity contribution in [3.63, 3.8) is 0 Å².